The maximum atomic E-state index is 12.7. The highest BCUT2D eigenvalue weighted by Crippen LogP contribution is 2.25. The molecule has 0 atom stereocenters. The van der Waals surface area contributed by atoms with E-state index in [4.69, 9.17) is 9.47 Å². The molecule has 0 aromatic heterocycles. The van der Waals surface area contributed by atoms with Crippen LogP contribution in [0, 0.1) is 0 Å². The van der Waals surface area contributed by atoms with Gasteiger partial charge in [-0.3, -0.25) is 4.79 Å². The standard InChI is InChI=1S/C18H29N3O7S2/c1-4-29(23,24)21-10-7-15(8-11-21)20-18(22)14-5-6-16(28-3)17(13-14)30(25,26)19-9-12-27-2/h5-6,13,15,19H,4,7-12H2,1-3H3,(H,20,22). The van der Waals surface area contributed by atoms with Gasteiger partial charge in [0, 0.05) is 38.3 Å². The molecule has 12 heteroatoms. The molecule has 1 aliphatic rings. The lowest BCUT2D eigenvalue weighted by Crippen LogP contribution is -2.46. The molecule has 10 nitrogen and oxygen atoms in total. The number of benzene rings is 1. The number of ether oxygens (including phenoxy) is 2. The topological polar surface area (TPSA) is 131 Å². The molecule has 1 amide bonds. The molecule has 2 N–H and O–H groups in total. The van der Waals surface area contributed by atoms with Crippen LogP contribution in [0.2, 0.25) is 0 Å². The van der Waals surface area contributed by atoms with E-state index in [1.54, 1.807) is 6.92 Å². The lowest BCUT2D eigenvalue weighted by Gasteiger charge is -2.31. The van der Waals surface area contributed by atoms with Crippen LogP contribution < -0.4 is 14.8 Å². The molecule has 0 radical (unpaired) electrons. The van der Waals surface area contributed by atoms with Gasteiger partial charge in [0.15, 0.2) is 0 Å². The summed E-state index contributed by atoms with van der Waals surface area (Å²) >= 11 is 0. The number of carbonyl (C=O) groups excluding carboxylic acids is 1. The lowest BCUT2D eigenvalue weighted by molar-refractivity contribution is 0.0923. The predicted molar refractivity (Wildman–Crippen MR) is 112 cm³/mol. The Hall–Kier alpha value is -1.73. The summed E-state index contributed by atoms with van der Waals surface area (Å²) < 4.78 is 62.8. The second-order valence-electron chi connectivity index (χ2n) is 6.80. The number of nitrogens with zero attached hydrogens (tertiary/aromatic N) is 1. The van der Waals surface area contributed by atoms with Gasteiger partial charge in [0.25, 0.3) is 5.91 Å². The van der Waals surface area contributed by atoms with E-state index in [1.165, 1.54) is 36.7 Å². The smallest absolute Gasteiger partial charge is 0.251 e. The molecule has 1 saturated heterocycles. The van der Waals surface area contributed by atoms with Crippen molar-refractivity contribution in [2.24, 2.45) is 0 Å². The molecular formula is C18H29N3O7S2. The van der Waals surface area contributed by atoms with Crippen molar-refractivity contribution in [3.05, 3.63) is 23.8 Å². The van der Waals surface area contributed by atoms with Gasteiger partial charge >= 0.3 is 0 Å². The highest BCUT2D eigenvalue weighted by molar-refractivity contribution is 7.89. The van der Waals surface area contributed by atoms with Gasteiger partial charge < -0.3 is 14.8 Å². The zero-order valence-corrected chi connectivity index (χ0v) is 19.0. The Morgan fingerprint density at radius 2 is 1.83 bits per heavy atom. The number of hydrogen-bond acceptors (Lipinski definition) is 7. The van der Waals surface area contributed by atoms with E-state index in [-0.39, 0.29) is 41.2 Å². The average Bonchev–Trinajstić information content (AvgIpc) is 2.73. The molecule has 1 aromatic rings. The third kappa shape index (κ3) is 6.14. The van der Waals surface area contributed by atoms with Crippen molar-refractivity contribution in [2.45, 2.75) is 30.7 Å². The third-order valence-corrected chi connectivity index (χ3v) is 8.22. The molecule has 170 valence electrons. The molecular weight excluding hydrogens is 434 g/mol. The summed E-state index contributed by atoms with van der Waals surface area (Å²) in [7, 11) is -4.33. The Morgan fingerprint density at radius 1 is 1.17 bits per heavy atom. The predicted octanol–water partition coefficient (Wildman–Crippen LogP) is 0.164. The van der Waals surface area contributed by atoms with Gasteiger partial charge in [-0.1, -0.05) is 0 Å². The Morgan fingerprint density at radius 3 is 2.40 bits per heavy atom. The summed E-state index contributed by atoms with van der Waals surface area (Å²) in [5, 5.41) is 2.86. The van der Waals surface area contributed by atoms with Gasteiger partial charge in [0.1, 0.15) is 10.6 Å². The number of rotatable bonds is 10. The highest BCUT2D eigenvalue weighted by Gasteiger charge is 2.28. The van der Waals surface area contributed by atoms with Crippen molar-refractivity contribution in [2.75, 3.05) is 46.2 Å². The minimum atomic E-state index is -3.90. The van der Waals surface area contributed by atoms with Crippen molar-refractivity contribution in [1.82, 2.24) is 14.3 Å². The van der Waals surface area contributed by atoms with Crippen LogP contribution in [0.1, 0.15) is 30.1 Å². The molecule has 0 spiro atoms. The van der Waals surface area contributed by atoms with Gasteiger partial charge in [-0.15, -0.1) is 0 Å². The lowest BCUT2D eigenvalue weighted by atomic mass is 10.1. The molecule has 0 aliphatic carbocycles. The summed E-state index contributed by atoms with van der Waals surface area (Å²) in [6, 6.07) is 3.98. The van der Waals surface area contributed by atoms with Crippen molar-refractivity contribution in [3.63, 3.8) is 0 Å². The van der Waals surface area contributed by atoms with Crippen LogP contribution in [0.4, 0.5) is 0 Å². The number of methoxy groups -OCH3 is 2. The third-order valence-electron chi connectivity index (χ3n) is 4.86. The zero-order valence-electron chi connectivity index (χ0n) is 17.4. The summed E-state index contributed by atoms with van der Waals surface area (Å²) in [4.78, 5) is 12.5. The van der Waals surface area contributed by atoms with Gasteiger partial charge in [0.2, 0.25) is 20.0 Å². The average molecular weight is 464 g/mol. The van der Waals surface area contributed by atoms with Crippen LogP contribution in [0.25, 0.3) is 0 Å². The maximum absolute atomic E-state index is 12.7. The number of hydrogen-bond donors (Lipinski definition) is 2. The normalized spacial score (nSPS) is 16.4. The van der Waals surface area contributed by atoms with Gasteiger partial charge in [-0.25, -0.2) is 25.9 Å². The van der Waals surface area contributed by atoms with Crippen molar-refractivity contribution < 1.29 is 31.1 Å². The Kier molecular flexibility index (Phi) is 8.62. The molecule has 1 aromatic carbocycles. The highest BCUT2D eigenvalue weighted by atomic mass is 32.2. The van der Waals surface area contributed by atoms with Crippen molar-refractivity contribution >= 4 is 26.0 Å². The maximum Gasteiger partial charge on any atom is 0.251 e. The Labute approximate surface area is 178 Å². The molecule has 1 aliphatic heterocycles. The fourth-order valence-corrected chi connectivity index (χ4v) is 5.45. The molecule has 0 bridgehead atoms. The van der Waals surface area contributed by atoms with Crippen LogP contribution in [0.15, 0.2) is 23.1 Å². The minimum Gasteiger partial charge on any atom is -0.495 e. The van der Waals surface area contributed by atoms with Crippen LogP contribution >= 0.6 is 0 Å². The monoisotopic (exact) mass is 463 g/mol. The molecule has 30 heavy (non-hydrogen) atoms. The van der Waals surface area contributed by atoms with E-state index in [0.29, 0.717) is 25.9 Å². The second kappa shape index (κ2) is 10.5. The molecule has 0 saturated carbocycles. The number of sulfonamides is 2. The van der Waals surface area contributed by atoms with Crippen LogP contribution in [0.5, 0.6) is 5.75 Å². The number of amides is 1. The summed E-state index contributed by atoms with van der Waals surface area (Å²) in [6.45, 7) is 2.56. The van der Waals surface area contributed by atoms with Crippen LogP contribution in [-0.4, -0.2) is 79.3 Å². The quantitative estimate of drug-likeness (QED) is 0.473. The molecule has 0 unspecified atom stereocenters. The van der Waals surface area contributed by atoms with E-state index in [2.05, 4.69) is 10.0 Å². The fourth-order valence-electron chi connectivity index (χ4n) is 3.11. The van der Waals surface area contributed by atoms with Crippen LogP contribution in [0.3, 0.4) is 0 Å². The van der Waals surface area contributed by atoms with Crippen molar-refractivity contribution in [3.8, 4) is 5.75 Å². The Bertz CT molecular complexity index is 941. The summed E-state index contributed by atoms with van der Waals surface area (Å²) in [5.41, 5.74) is 0.173. The van der Waals surface area contributed by atoms with E-state index in [0.717, 1.165) is 0 Å². The first-order valence-electron chi connectivity index (χ1n) is 9.60. The van der Waals surface area contributed by atoms with Gasteiger partial charge in [-0.05, 0) is 38.0 Å². The van der Waals surface area contributed by atoms with Gasteiger partial charge in [0.05, 0.1) is 19.5 Å². The van der Waals surface area contributed by atoms with E-state index < -0.39 is 26.0 Å². The van der Waals surface area contributed by atoms with Crippen LogP contribution in [-0.2, 0) is 24.8 Å². The summed E-state index contributed by atoms with van der Waals surface area (Å²) in [5.74, 6) is -0.261. The first-order valence-corrected chi connectivity index (χ1v) is 12.7. The fraction of sp³-hybridized carbons (Fsp3) is 0.611. The second-order valence-corrected chi connectivity index (χ2v) is 10.8. The molecule has 2 rings (SSSR count). The molecule has 1 heterocycles. The zero-order chi connectivity index (χ0) is 22.4. The minimum absolute atomic E-state index is 0.0472. The number of nitrogens with one attached hydrogen (secondary N) is 2. The largest absolute Gasteiger partial charge is 0.495 e. The molecule has 1 fully saturated rings. The van der Waals surface area contributed by atoms with E-state index >= 15 is 0 Å². The van der Waals surface area contributed by atoms with Crippen molar-refractivity contribution in [1.29, 1.82) is 0 Å². The summed E-state index contributed by atoms with van der Waals surface area (Å²) in [6.07, 6.45) is 0.982. The Balaban J connectivity index is 2.10. The first kappa shape index (κ1) is 24.5. The first-order chi connectivity index (χ1) is 14.1. The SMILES string of the molecule is CCS(=O)(=O)N1CCC(NC(=O)c2ccc(OC)c(S(=O)(=O)NCCOC)c2)CC1. The number of carbonyl (C=O) groups is 1. The van der Waals surface area contributed by atoms with E-state index in [1.807, 2.05) is 0 Å². The number of piperidine rings is 1. The van der Waals surface area contributed by atoms with E-state index in [9.17, 15) is 21.6 Å². The van der Waals surface area contributed by atoms with Gasteiger partial charge in [-0.2, -0.15) is 0 Å².